The van der Waals surface area contributed by atoms with E-state index in [1.54, 1.807) is 58.9 Å². The molecule has 0 fully saturated rings. The lowest BCUT2D eigenvalue weighted by atomic mass is 9.93. The monoisotopic (exact) mass is 517 g/mol. The van der Waals surface area contributed by atoms with Crippen molar-refractivity contribution in [2.75, 3.05) is 0 Å². The molecule has 0 aliphatic carbocycles. The van der Waals surface area contributed by atoms with Crippen molar-refractivity contribution < 1.29 is 34.1 Å². The van der Waals surface area contributed by atoms with E-state index < -0.39 is 41.3 Å². The second-order valence-electron chi connectivity index (χ2n) is 10.6. The third-order valence-corrected chi connectivity index (χ3v) is 5.45. The Kier molecular flexibility index (Phi) is 9.61. The molecule has 0 spiro atoms. The molecular weight excluding hydrogens is 478 g/mol. The number of hydrogen-bond acceptors (Lipinski definition) is 7. The number of amides is 2. The van der Waals surface area contributed by atoms with Crippen LogP contribution in [-0.4, -0.2) is 50.7 Å². The van der Waals surface area contributed by atoms with Gasteiger partial charge in [0.15, 0.2) is 11.7 Å². The number of Topliss-reactive ketones (excluding diaryl/α,β-unsaturated/α-hetero) is 1. The number of hydrogen-bond donors (Lipinski definition) is 5. The number of aromatic amines is 1. The zero-order valence-electron chi connectivity index (χ0n) is 22.8. The fourth-order valence-corrected chi connectivity index (χ4v) is 3.73. The molecule has 204 valence electrons. The lowest BCUT2D eigenvalue weighted by Crippen LogP contribution is -2.46. The quantitative estimate of drug-likeness (QED) is 0.291. The molecule has 2 aromatic rings. The molecule has 1 aromatic carbocycles. The minimum absolute atomic E-state index is 0.0113. The first-order valence-electron chi connectivity index (χ1n) is 12.3. The number of H-pyrrole nitrogens is 1. The highest BCUT2D eigenvalue weighted by Gasteiger charge is 2.32. The Balaban J connectivity index is 2.26. The summed E-state index contributed by atoms with van der Waals surface area (Å²) in [5.74, 6) is -1.49. The molecule has 1 unspecified atom stereocenters. The molecule has 2 rings (SSSR count). The summed E-state index contributed by atoms with van der Waals surface area (Å²) in [6.07, 6.45) is -0.876. The molecular formula is C27H39N3O7. The first kappa shape index (κ1) is 29.5. The van der Waals surface area contributed by atoms with E-state index in [1.165, 1.54) is 6.92 Å². The lowest BCUT2D eigenvalue weighted by Gasteiger charge is -2.25. The number of alkyl carbamates (subject to hydrolysis) is 1. The summed E-state index contributed by atoms with van der Waals surface area (Å²) in [5, 5.41) is 25.4. The van der Waals surface area contributed by atoms with Crippen LogP contribution in [0.1, 0.15) is 82.4 Å². The third kappa shape index (κ3) is 8.44. The van der Waals surface area contributed by atoms with Crippen LogP contribution in [0.5, 0.6) is 17.5 Å². The normalized spacial score (nSPS) is 13.2. The topological polar surface area (TPSA) is 150 Å². The SMILES string of the molecule is Cc1c(O)[nH]c(O)c1C(=O)[C@@H](NC(=O)CC(NC(=O)OC(C)(C)C)c1ccc(OC(C)C)cc1)C(C)C. The van der Waals surface area contributed by atoms with Crippen LogP contribution in [0.25, 0.3) is 0 Å². The van der Waals surface area contributed by atoms with Crippen molar-refractivity contribution in [3.8, 4) is 17.5 Å². The van der Waals surface area contributed by atoms with Crippen LogP contribution in [0.4, 0.5) is 4.79 Å². The van der Waals surface area contributed by atoms with E-state index in [9.17, 15) is 24.6 Å². The van der Waals surface area contributed by atoms with Crippen molar-refractivity contribution >= 4 is 17.8 Å². The molecule has 0 aliphatic heterocycles. The molecule has 5 N–H and O–H groups in total. The maximum atomic E-state index is 13.2. The van der Waals surface area contributed by atoms with Crippen molar-refractivity contribution in [2.45, 2.75) is 85.6 Å². The predicted molar refractivity (Wildman–Crippen MR) is 139 cm³/mol. The molecule has 1 aromatic heterocycles. The molecule has 0 bridgehead atoms. The average Bonchev–Trinajstić information content (AvgIpc) is 3.01. The van der Waals surface area contributed by atoms with Crippen LogP contribution in [0.15, 0.2) is 24.3 Å². The molecule has 2 atom stereocenters. The van der Waals surface area contributed by atoms with Gasteiger partial charge in [0.2, 0.25) is 11.8 Å². The molecule has 2 amide bonds. The summed E-state index contributed by atoms with van der Waals surface area (Å²) in [6, 6.07) is 5.28. The maximum absolute atomic E-state index is 13.2. The summed E-state index contributed by atoms with van der Waals surface area (Å²) in [4.78, 5) is 41.2. The summed E-state index contributed by atoms with van der Waals surface area (Å²) in [5.41, 5.74) is 0.0213. The maximum Gasteiger partial charge on any atom is 0.408 e. The second kappa shape index (κ2) is 12.0. The fourth-order valence-electron chi connectivity index (χ4n) is 3.73. The average molecular weight is 518 g/mol. The first-order chi connectivity index (χ1) is 17.1. The molecule has 1 heterocycles. The fraction of sp³-hybridized carbons (Fsp3) is 0.519. The van der Waals surface area contributed by atoms with Gasteiger partial charge >= 0.3 is 6.09 Å². The van der Waals surface area contributed by atoms with Crippen molar-refractivity contribution in [1.82, 2.24) is 15.6 Å². The van der Waals surface area contributed by atoms with Gasteiger partial charge in [-0.05, 0) is 65.2 Å². The minimum Gasteiger partial charge on any atom is -0.494 e. The number of benzene rings is 1. The Bertz CT molecular complexity index is 1100. The van der Waals surface area contributed by atoms with Gasteiger partial charge in [0, 0.05) is 5.56 Å². The van der Waals surface area contributed by atoms with Crippen LogP contribution in [0, 0.1) is 12.8 Å². The second-order valence-corrected chi connectivity index (χ2v) is 10.6. The van der Waals surface area contributed by atoms with Gasteiger partial charge in [-0.15, -0.1) is 0 Å². The Labute approximate surface area is 217 Å². The molecule has 10 nitrogen and oxygen atoms in total. The first-order valence-corrected chi connectivity index (χ1v) is 12.3. The number of ether oxygens (including phenoxy) is 2. The number of aromatic nitrogens is 1. The Hall–Kier alpha value is -3.69. The Morgan fingerprint density at radius 2 is 1.57 bits per heavy atom. The number of aromatic hydroxyl groups is 2. The van der Waals surface area contributed by atoms with E-state index in [0.29, 0.717) is 11.3 Å². The minimum atomic E-state index is -0.976. The summed E-state index contributed by atoms with van der Waals surface area (Å²) in [7, 11) is 0. The van der Waals surface area contributed by atoms with E-state index >= 15 is 0 Å². The van der Waals surface area contributed by atoms with E-state index in [4.69, 9.17) is 9.47 Å². The van der Waals surface area contributed by atoms with E-state index in [1.807, 2.05) is 13.8 Å². The van der Waals surface area contributed by atoms with Crippen LogP contribution in [0.3, 0.4) is 0 Å². The van der Waals surface area contributed by atoms with Gasteiger partial charge in [-0.2, -0.15) is 0 Å². The molecule has 0 saturated carbocycles. The van der Waals surface area contributed by atoms with Crippen molar-refractivity contribution in [2.24, 2.45) is 5.92 Å². The molecule has 10 heteroatoms. The number of carbonyl (C=O) groups is 3. The number of nitrogens with one attached hydrogen (secondary N) is 3. The van der Waals surface area contributed by atoms with Crippen LogP contribution in [-0.2, 0) is 9.53 Å². The number of carbonyl (C=O) groups excluding carboxylic acids is 3. The highest BCUT2D eigenvalue weighted by Crippen LogP contribution is 2.30. The summed E-state index contributed by atoms with van der Waals surface area (Å²) in [6.45, 7) is 14.0. The zero-order chi connectivity index (χ0) is 28.1. The van der Waals surface area contributed by atoms with Crippen molar-refractivity contribution in [1.29, 1.82) is 0 Å². The van der Waals surface area contributed by atoms with Crippen LogP contribution >= 0.6 is 0 Å². The van der Waals surface area contributed by atoms with Gasteiger partial charge in [-0.3, -0.25) is 14.6 Å². The summed E-state index contributed by atoms with van der Waals surface area (Å²) < 4.78 is 11.1. The van der Waals surface area contributed by atoms with Gasteiger partial charge in [-0.1, -0.05) is 26.0 Å². The van der Waals surface area contributed by atoms with Crippen LogP contribution < -0.4 is 15.4 Å². The highest BCUT2D eigenvalue weighted by atomic mass is 16.6. The van der Waals surface area contributed by atoms with E-state index in [2.05, 4.69) is 15.6 Å². The highest BCUT2D eigenvalue weighted by molar-refractivity contribution is 6.05. The summed E-state index contributed by atoms with van der Waals surface area (Å²) >= 11 is 0. The number of rotatable bonds is 10. The van der Waals surface area contributed by atoms with Crippen molar-refractivity contribution in [3.63, 3.8) is 0 Å². The third-order valence-electron chi connectivity index (χ3n) is 5.45. The lowest BCUT2D eigenvalue weighted by molar-refractivity contribution is -0.122. The van der Waals surface area contributed by atoms with Crippen molar-refractivity contribution in [3.05, 3.63) is 41.0 Å². The van der Waals surface area contributed by atoms with Gasteiger partial charge in [0.25, 0.3) is 0 Å². The molecule has 37 heavy (non-hydrogen) atoms. The van der Waals surface area contributed by atoms with Gasteiger partial charge in [-0.25, -0.2) is 4.79 Å². The van der Waals surface area contributed by atoms with Gasteiger partial charge in [0.1, 0.15) is 11.4 Å². The van der Waals surface area contributed by atoms with Gasteiger partial charge < -0.3 is 30.3 Å². The molecule has 0 saturated heterocycles. The smallest absolute Gasteiger partial charge is 0.408 e. The largest absolute Gasteiger partial charge is 0.494 e. The Morgan fingerprint density at radius 3 is 2.03 bits per heavy atom. The van der Waals surface area contributed by atoms with E-state index in [-0.39, 0.29) is 35.4 Å². The molecule has 0 aliphatic rings. The van der Waals surface area contributed by atoms with Gasteiger partial charge in [0.05, 0.1) is 30.2 Å². The van der Waals surface area contributed by atoms with E-state index in [0.717, 1.165) is 0 Å². The predicted octanol–water partition coefficient (Wildman–Crippen LogP) is 4.50. The zero-order valence-corrected chi connectivity index (χ0v) is 22.8. The Morgan fingerprint density at radius 1 is 0.973 bits per heavy atom. The molecule has 0 radical (unpaired) electrons. The number of ketones is 1. The van der Waals surface area contributed by atoms with Crippen LogP contribution in [0.2, 0.25) is 0 Å². The standard InChI is InChI=1S/C27H39N3O7/c1-14(2)22(23(32)21-16(5)24(33)30-25(21)34)29-20(31)13-19(28-26(35)37-27(6,7)8)17-9-11-18(12-10-17)36-15(3)4/h9-12,14-15,19,22,30,33-34H,13H2,1-8H3,(H,28,35)(H,29,31)/t19?,22-/m0/s1.